The normalized spacial score (nSPS) is 15.5. The van der Waals surface area contributed by atoms with Crippen LogP contribution in [0.15, 0.2) is 18.2 Å². The molecule has 6 heteroatoms. The van der Waals surface area contributed by atoms with Crippen LogP contribution < -0.4 is 5.32 Å². The van der Waals surface area contributed by atoms with E-state index in [1.54, 1.807) is 17.0 Å². The number of rotatable bonds is 3. The van der Waals surface area contributed by atoms with Crippen molar-refractivity contribution in [3.63, 3.8) is 0 Å². The van der Waals surface area contributed by atoms with Crippen LogP contribution in [0.3, 0.4) is 0 Å². The number of carbonyl (C=O) groups excluding carboxylic acids is 1. The molecule has 1 heterocycles. The van der Waals surface area contributed by atoms with Crippen molar-refractivity contribution in [2.24, 2.45) is 0 Å². The third-order valence-corrected chi connectivity index (χ3v) is 3.55. The Morgan fingerprint density at radius 2 is 2.14 bits per heavy atom. The first-order valence-corrected chi connectivity index (χ1v) is 7.41. The van der Waals surface area contributed by atoms with Crippen LogP contribution in [-0.4, -0.2) is 36.2 Å². The zero-order valence-electron chi connectivity index (χ0n) is 12.8. The van der Waals surface area contributed by atoms with E-state index in [0.717, 1.165) is 12.8 Å². The molecule has 1 aliphatic rings. The lowest BCUT2D eigenvalue weighted by Gasteiger charge is -2.32. The van der Waals surface area contributed by atoms with E-state index in [2.05, 4.69) is 5.32 Å². The number of benzene rings is 1. The average Bonchev–Trinajstić information content (AvgIpc) is 2.49. The van der Waals surface area contributed by atoms with Crippen molar-refractivity contribution < 1.29 is 13.9 Å². The quantitative estimate of drug-likeness (QED) is 0.932. The van der Waals surface area contributed by atoms with Crippen LogP contribution in [0.1, 0.15) is 32.3 Å². The molecular formula is C16H20FN3O2. The molecule has 0 unspecified atom stereocenters. The fraction of sp³-hybridized carbons (Fsp3) is 0.500. The van der Waals surface area contributed by atoms with Crippen LogP contribution in [0.4, 0.5) is 14.9 Å². The maximum Gasteiger partial charge on any atom is 0.410 e. The highest BCUT2D eigenvalue weighted by Crippen LogP contribution is 2.21. The number of likely N-dealkylation sites (tertiary alicyclic amines) is 1. The Balaban J connectivity index is 1.88. The second kappa shape index (κ2) is 7.12. The molecule has 1 N–H and O–H groups in total. The van der Waals surface area contributed by atoms with Crippen LogP contribution in [0, 0.1) is 17.1 Å². The van der Waals surface area contributed by atoms with Gasteiger partial charge in [0, 0.05) is 19.1 Å². The molecule has 0 saturated carbocycles. The Labute approximate surface area is 129 Å². The van der Waals surface area contributed by atoms with Crippen molar-refractivity contribution >= 4 is 11.8 Å². The molecule has 1 aliphatic heterocycles. The maximum atomic E-state index is 13.8. The van der Waals surface area contributed by atoms with Gasteiger partial charge in [0.25, 0.3) is 0 Å². The zero-order valence-corrected chi connectivity index (χ0v) is 12.8. The van der Waals surface area contributed by atoms with E-state index >= 15 is 0 Å². The van der Waals surface area contributed by atoms with E-state index in [9.17, 15) is 9.18 Å². The van der Waals surface area contributed by atoms with Crippen molar-refractivity contribution in [1.82, 2.24) is 4.90 Å². The first kappa shape index (κ1) is 16.1. The second-order valence-electron chi connectivity index (χ2n) is 5.64. The standard InChI is InChI=1S/C16H20FN3O2/c1-11(2)22-16(21)20-7-5-13(6-8-20)19-15-4-3-12(10-18)9-14(15)17/h3-4,9,11,13,19H,5-8H2,1-2H3. The molecule has 1 fully saturated rings. The first-order chi connectivity index (χ1) is 10.5. The SMILES string of the molecule is CC(C)OC(=O)N1CCC(Nc2ccc(C#N)cc2F)CC1. The number of nitriles is 1. The first-order valence-electron chi connectivity index (χ1n) is 7.41. The Kier molecular flexibility index (Phi) is 5.21. The van der Waals surface area contributed by atoms with Crippen LogP contribution in [-0.2, 0) is 4.74 Å². The number of nitrogens with zero attached hydrogens (tertiary/aromatic N) is 2. The summed E-state index contributed by atoms with van der Waals surface area (Å²) in [6.07, 6.45) is 1.04. The lowest BCUT2D eigenvalue weighted by Crippen LogP contribution is -2.43. The number of hydrogen-bond donors (Lipinski definition) is 1. The number of hydrogen-bond acceptors (Lipinski definition) is 4. The molecule has 1 saturated heterocycles. The summed E-state index contributed by atoms with van der Waals surface area (Å²) >= 11 is 0. The number of piperidine rings is 1. The van der Waals surface area contributed by atoms with Gasteiger partial charge in [-0.25, -0.2) is 9.18 Å². The fourth-order valence-electron chi connectivity index (χ4n) is 2.40. The largest absolute Gasteiger partial charge is 0.447 e. The summed E-state index contributed by atoms with van der Waals surface area (Å²) in [5.41, 5.74) is 0.691. The van der Waals surface area contributed by atoms with Gasteiger partial charge in [-0.15, -0.1) is 0 Å². The van der Waals surface area contributed by atoms with Gasteiger partial charge in [-0.1, -0.05) is 0 Å². The highest BCUT2D eigenvalue weighted by Gasteiger charge is 2.24. The Bertz CT molecular complexity index is 575. The Morgan fingerprint density at radius 3 is 2.68 bits per heavy atom. The Hall–Kier alpha value is -2.29. The number of carbonyl (C=O) groups is 1. The lowest BCUT2D eigenvalue weighted by molar-refractivity contribution is 0.0701. The zero-order chi connectivity index (χ0) is 16.1. The van der Waals surface area contributed by atoms with Gasteiger partial charge in [0.05, 0.1) is 23.4 Å². The number of anilines is 1. The van der Waals surface area contributed by atoms with Crippen LogP contribution in [0.5, 0.6) is 0 Å². The highest BCUT2D eigenvalue weighted by molar-refractivity contribution is 5.68. The predicted molar refractivity (Wildman–Crippen MR) is 80.9 cm³/mol. The van der Waals surface area contributed by atoms with E-state index in [0.29, 0.717) is 24.3 Å². The molecule has 0 bridgehead atoms. The molecule has 1 amide bonds. The summed E-state index contributed by atoms with van der Waals surface area (Å²) < 4.78 is 19.0. The van der Waals surface area contributed by atoms with Crippen molar-refractivity contribution in [2.75, 3.05) is 18.4 Å². The summed E-state index contributed by atoms with van der Waals surface area (Å²) in [7, 11) is 0. The monoisotopic (exact) mass is 305 g/mol. The molecule has 0 atom stereocenters. The maximum absolute atomic E-state index is 13.8. The van der Waals surface area contributed by atoms with E-state index in [1.165, 1.54) is 6.07 Å². The van der Waals surface area contributed by atoms with Gasteiger partial charge < -0.3 is 15.0 Å². The Morgan fingerprint density at radius 1 is 1.45 bits per heavy atom. The van der Waals surface area contributed by atoms with Crippen molar-refractivity contribution in [2.45, 2.75) is 38.8 Å². The van der Waals surface area contributed by atoms with Crippen molar-refractivity contribution in [3.8, 4) is 6.07 Å². The summed E-state index contributed by atoms with van der Waals surface area (Å²) in [5.74, 6) is -0.430. The van der Waals surface area contributed by atoms with Crippen molar-refractivity contribution in [3.05, 3.63) is 29.6 Å². The number of ether oxygens (including phenoxy) is 1. The van der Waals surface area contributed by atoms with Gasteiger partial charge >= 0.3 is 6.09 Å². The molecule has 1 aromatic rings. The molecular weight excluding hydrogens is 285 g/mol. The van der Waals surface area contributed by atoms with E-state index in [1.807, 2.05) is 19.9 Å². The molecule has 2 rings (SSSR count). The summed E-state index contributed by atoms with van der Waals surface area (Å²) in [5, 5.41) is 11.9. The summed E-state index contributed by atoms with van der Waals surface area (Å²) in [6.45, 7) is 4.81. The number of nitrogens with one attached hydrogen (secondary N) is 1. The molecule has 0 radical (unpaired) electrons. The molecule has 0 aromatic heterocycles. The van der Waals surface area contributed by atoms with E-state index < -0.39 is 5.82 Å². The average molecular weight is 305 g/mol. The molecule has 22 heavy (non-hydrogen) atoms. The number of amides is 1. The van der Waals surface area contributed by atoms with Gasteiger partial charge in [-0.3, -0.25) is 0 Å². The minimum atomic E-state index is -0.430. The summed E-state index contributed by atoms with van der Waals surface area (Å²) in [6, 6.07) is 6.39. The van der Waals surface area contributed by atoms with Crippen LogP contribution in [0.2, 0.25) is 0 Å². The van der Waals surface area contributed by atoms with E-state index in [4.69, 9.17) is 10.00 Å². The van der Waals surface area contributed by atoms with Gasteiger partial charge in [0.15, 0.2) is 0 Å². The van der Waals surface area contributed by atoms with Gasteiger partial charge in [0.1, 0.15) is 5.82 Å². The molecule has 5 nitrogen and oxygen atoms in total. The molecule has 0 spiro atoms. The van der Waals surface area contributed by atoms with Crippen LogP contribution >= 0.6 is 0 Å². The topological polar surface area (TPSA) is 65.4 Å². The molecule has 1 aromatic carbocycles. The third kappa shape index (κ3) is 4.10. The van der Waals surface area contributed by atoms with Gasteiger partial charge in [-0.2, -0.15) is 5.26 Å². The smallest absolute Gasteiger partial charge is 0.410 e. The molecule has 0 aliphatic carbocycles. The number of halogens is 1. The van der Waals surface area contributed by atoms with E-state index in [-0.39, 0.29) is 18.2 Å². The highest BCUT2D eigenvalue weighted by atomic mass is 19.1. The van der Waals surface area contributed by atoms with Gasteiger partial charge in [-0.05, 0) is 44.9 Å². The fourth-order valence-corrected chi connectivity index (χ4v) is 2.40. The minimum Gasteiger partial charge on any atom is -0.447 e. The lowest BCUT2D eigenvalue weighted by atomic mass is 10.0. The molecule has 118 valence electrons. The third-order valence-electron chi connectivity index (χ3n) is 3.55. The summed E-state index contributed by atoms with van der Waals surface area (Å²) in [4.78, 5) is 13.5. The van der Waals surface area contributed by atoms with Crippen molar-refractivity contribution in [1.29, 1.82) is 5.26 Å². The van der Waals surface area contributed by atoms with Gasteiger partial charge in [0.2, 0.25) is 0 Å². The van der Waals surface area contributed by atoms with Crippen LogP contribution in [0.25, 0.3) is 0 Å². The predicted octanol–water partition coefficient (Wildman–Crippen LogP) is 3.12. The second-order valence-corrected chi connectivity index (χ2v) is 5.64. The minimum absolute atomic E-state index is 0.102.